The highest BCUT2D eigenvalue weighted by atomic mass is 16.6. The number of hydrogen-bond donors (Lipinski definition) is 0. The van der Waals surface area contributed by atoms with Crippen LogP contribution in [0.1, 0.15) is 15.9 Å². The summed E-state index contributed by atoms with van der Waals surface area (Å²) in [7, 11) is 0. The van der Waals surface area contributed by atoms with Crippen molar-refractivity contribution in [2.24, 2.45) is 0 Å². The number of benzene rings is 3. The molecule has 1 radical (unpaired) electrons. The Bertz CT molecular complexity index is 753. The standard InChI is InChI=1S/C20H16NO2/c22-20(19-9-5-2-6-10-19)21-23-15-16-11-13-18(14-12-16)17-7-3-1-4-8-17/h1-14H,15H2. The number of hydrogen-bond acceptors (Lipinski definition) is 2. The zero-order chi connectivity index (χ0) is 15.9. The Labute approximate surface area is 135 Å². The number of hydroxylamine groups is 1. The molecule has 0 spiro atoms. The van der Waals surface area contributed by atoms with Crippen LogP contribution in [0.4, 0.5) is 0 Å². The molecule has 3 rings (SSSR count). The quantitative estimate of drug-likeness (QED) is 0.662. The van der Waals surface area contributed by atoms with Crippen molar-refractivity contribution in [3.05, 3.63) is 96.1 Å². The van der Waals surface area contributed by atoms with Crippen molar-refractivity contribution in [3.8, 4) is 11.1 Å². The Morgan fingerprint density at radius 2 is 1.30 bits per heavy atom. The van der Waals surface area contributed by atoms with Crippen molar-refractivity contribution in [2.75, 3.05) is 0 Å². The maximum atomic E-state index is 11.8. The number of amides is 1. The van der Waals surface area contributed by atoms with Gasteiger partial charge in [0.25, 0.3) is 5.91 Å². The van der Waals surface area contributed by atoms with Gasteiger partial charge in [-0.25, -0.2) is 4.84 Å². The van der Waals surface area contributed by atoms with Gasteiger partial charge in [0.1, 0.15) is 6.61 Å². The third-order valence-corrected chi connectivity index (χ3v) is 3.46. The molecule has 113 valence electrons. The van der Waals surface area contributed by atoms with Crippen molar-refractivity contribution in [1.82, 2.24) is 5.48 Å². The first-order chi connectivity index (χ1) is 11.3. The summed E-state index contributed by atoms with van der Waals surface area (Å²) in [6.07, 6.45) is 0. The molecule has 0 aliphatic carbocycles. The van der Waals surface area contributed by atoms with Crippen molar-refractivity contribution < 1.29 is 9.63 Å². The molecule has 0 fully saturated rings. The number of rotatable bonds is 5. The summed E-state index contributed by atoms with van der Waals surface area (Å²) < 4.78 is 0. The molecule has 0 N–H and O–H groups in total. The molecule has 0 unspecified atom stereocenters. The zero-order valence-electron chi connectivity index (χ0n) is 12.6. The predicted octanol–water partition coefficient (Wildman–Crippen LogP) is 4.23. The van der Waals surface area contributed by atoms with Gasteiger partial charge in [0.2, 0.25) is 0 Å². The molecule has 3 nitrogen and oxygen atoms in total. The Morgan fingerprint density at radius 1 is 0.739 bits per heavy atom. The molecular formula is C20H16NO2. The highest BCUT2D eigenvalue weighted by Crippen LogP contribution is 2.19. The minimum Gasteiger partial charge on any atom is -0.265 e. The minimum atomic E-state index is -0.369. The van der Waals surface area contributed by atoms with E-state index in [1.54, 1.807) is 24.3 Å². The van der Waals surface area contributed by atoms with Crippen LogP contribution in [0.15, 0.2) is 84.9 Å². The topological polar surface area (TPSA) is 40.4 Å². The van der Waals surface area contributed by atoms with Crippen LogP contribution in [0.25, 0.3) is 11.1 Å². The summed E-state index contributed by atoms with van der Waals surface area (Å²) in [4.78, 5) is 16.9. The van der Waals surface area contributed by atoms with Gasteiger partial charge in [-0.05, 0) is 28.8 Å². The molecule has 23 heavy (non-hydrogen) atoms. The molecule has 0 heterocycles. The van der Waals surface area contributed by atoms with Gasteiger partial charge in [-0.2, -0.15) is 0 Å². The van der Waals surface area contributed by atoms with Gasteiger partial charge in [-0.15, -0.1) is 0 Å². The first-order valence-electron chi connectivity index (χ1n) is 7.40. The van der Waals surface area contributed by atoms with E-state index in [1.807, 2.05) is 48.5 Å². The predicted molar refractivity (Wildman–Crippen MR) is 89.6 cm³/mol. The van der Waals surface area contributed by atoms with Gasteiger partial charge in [0.05, 0.1) is 0 Å². The lowest BCUT2D eigenvalue weighted by Gasteiger charge is -2.05. The van der Waals surface area contributed by atoms with E-state index in [2.05, 4.69) is 17.6 Å². The monoisotopic (exact) mass is 302 g/mol. The first-order valence-corrected chi connectivity index (χ1v) is 7.40. The summed E-state index contributed by atoms with van der Waals surface area (Å²) in [5.41, 5.74) is 7.43. The third-order valence-electron chi connectivity index (χ3n) is 3.46. The zero-order valence-corrected chi connectivity index (χ0v) is 12.6. The number of carbonyl (C=O) groups excluding carboxylic acids is 1. The summed E-state index contributed by atoms with van der Waals surface area (Å²) in [5, 5.41) is 0. The van der Waals surface area contributed by atoms with Gasteiger partial charge >= 0.3 is 0 Å². The molecule has 0 saturated heterocycles. The fraction of sp³-hybridized carbons (Fsp3) is 0.0500. The van der Waals surface area contributed by atoms with Crippen molar-refractivity contribution >= 4 is 5.91 Å². The van der Waals surface area contributed by atoms with E-state index in [1.165, 1.54) is 5.56 Å². The molecular weight excluding hydrogens is 286 g/mol. The lowest BCUT2D eigenvalue weighted by Crippen LogP contribution is -2.16. The van der Waals surface area contributed by atoms with E-state index in [0.29, 0.717) is 5.56 Å². The summed E-state index contributed by atoms with van der Waals surface area (Å²) >= 11 is 0. The fourth-order valence-electron chi connectivity index (χ4n) is 2.22. The maximum Gasteiger partial charge on any atom is 0.299 e. The normalized spacial score (nSPS) is 10.3. The van der Waals surface area contributed by atoms with E-state index in [0.717, 1.165) is 11.1 Å². The van der Waals surface area contributed by atoms with Crippen LogP contribution >= 0.6 is 0 Å². The van der Waals surface area contributed by atoms with Gasteiger partial charge in [-0.1, -0.05) is 78.3 Å². The Kier molecular flexibility index (Phi) is 4.82. The van der Waals surface area contributed by atoms with Crippen LogP contribution in [0.3, 0.4) is 0 Å². The highest BCUT2D eigenvalue weighted by Gasteiger charge is 2.06. The summed E-state index contributed by atoms with van der Waals surface area (Å²) in [5.74, 6) is -0.369. The lowest BCUT2D eigenvalue weighted by atomic mass is 10.0. The first kappa shape index (κ1) is 15.0. The van der Waals surface area contributed by atoms with Gasteiger partial charge in [-0.3, -0.25) is 4.79 Å². The van der Waals surface area contributed by atoms with Crippen LogP contribution in [0.2, 0.25) is 0 Å². The third kappa shape index (κ3) is 4.05. The number of nitrogens with zero attached hydrogens (tertiary/aromatic N) is 1. The van der Waals surface area contributed by atoms with Crippen LogP contribution in [-0.4, -0.2) is 5.91 Å². The van der Waals surface area contributed by atoms with E-state index < -0.39 is 0 Å². The average Bonchev–Trinajstić information content (AvgIpc) is 2.64. The lowest BCUT2D eigenvalue weighted by molar-refractivity contribution is 0.0180. The molecule has 0 aromatic heterocycles. The average molecular weight is 302 g/mol. The van der Waals surface area contributed by atoms with Crippen LogP contribution in [0.5, 0.6) is 0 Å². The molecule has 3 heteroatoms. The van der Waals surface area contributed by atoms with E-state index in [4.69, 9.17) is 4.84 Å². The number of carbonyl (C=O) groups is 1. The van der Waals surface area contributed by atoms with E-state index in [-0.39, 0.29) is 12.5 Å². The SMILES string of the molecule is O=C([N]OCc1ccc(-c2ccccc2)cc1)c1ccccc1. The minimum absolute atomic E-state index is 0.271. The fourth-order valence-corrected chi connectivity index (χ4v) is 2.22. The Hall–Kier alpha value is -2.91. The Balaban J connectivity index is 1.54. The molecule has 0 aliphatic rings. The molecule has 0 bridgehead atoms. The largest absolute Gasteiger partial charge is 0.299 e. The Morgan fingerprint density at radius 3 is 1.96 bits per heavy atom. The van der Waals surface area contributed by atoms with Crippen LogP contribution in [-0.2, 0) is 11.4 Å². The maximum absolute atomic E-state index is 11.8. The van der Waals surface area contributed by atoms with Crippen LogP contribution < -0.4 is 5.48 Å². The molecule has 0 atom stereocenters. The van der Waals surface area contributed by atoms with Gasteiger partial charge in [0.15, 0.2) is 0 Å². The summed E-state index contributed by atoms with van der Waals surface area (Å²) in [6, 6.07) is 27.1. The molecule has 3 aromatic rings. The van der Waals surface area contributed by atoms with E-state index >= 15 is 0 Å². The highest BCUT2D eigenvalue weighted by molar-refractivity contribution is 5.93. The smallest absolute Gasteiger partial charge is 0.265 e. The molecule has 0 saturated carbocycles. The van der Waals surface area contributed by atoms with Crippen LogP contribution in [0, 0.1) is 0 Å². The second-order valence-corrected chi connectivity index (χ2v) is 5.10. The molecule has 0 aliphatic heterocycles. The van der Waals surface area contributed by atoms with Crippen molar-refractivity contribution in [3.63, 3.8) is 0 Å². The van der Waals surface area contributed by atoms with E-state index in [9.17, 15) is 4.79 Å². The molecule has 3 aromatic carbocycles. The van der Waals surface area contributed by atoms with Gasteiger partial charge in [0, 0.05) is 5.56 Å². The second-order valence-electron chi connectivity index (χ2n) is 5.10. The van der Waals surface area contributed by atoms with Gasteiger partial charge < -0.3 is 0 Å². The second kappa shape index (κ2) is 7.38. The van der Waals surface area contributed by atoms with Crippen molar-refractivity contribution in [1.29, 1.82) is 0 Å². The summed E-state index contributed by atoms with van der Waals surface area (Å²) in [6.45, 7) is 0.271. The van der Waals surface area contributed by atoms with Crippen molar-refractivity contribution in [2.45, 2.75) is 6.61 Å². The molecule has 1 amide bonds.